The van der Waals surface area contributed by atoms with Crippen LogP contribution in [0.2, 0.25) is 0 Å². The van der Waals surface area contributed by atoms with Gasteiger partial charge in [0.1, 0.15) is 5.82 Å². The van der Waals surface area contributed by atoms with Gasteiger partial charge in [-0.05, 0) is 44.8 Å². The lowest BCUT2D eigenvalue weighted by Gasteiger charge is -2.25. The number of carbonyl (C=O) groups is 1. The van der Waals surface area contributed by atoms with Crippen LogP contribution in [0.15, 0.2) is 36.5 Å². The maximum absolute atomic E-state index is 13.5. The third-order valence-corrected chi connectivity index (χ3v) is 4.44. The van der Waals surface area contributed by atoms with Crippen LogP contribution >= 0.6 is 0 Å². The molecule has 0 aliphatic carbocycles. The van der Waals surface area contributed by atoms with E-state index in [2.05, 4.69) is 15.4 Å². The van der Waals surface area contributed by atoms with Gasteiger partial charge in [0, 0.05) is 25.2 Å². The number of aromatic nitrogens is 3. The van der Waals surface area contributed by atoms with Gasteiger partial charge >= 0.3 is 0 Å². The van der Waals surface area contributed by atoms with Crippen molar-refractivity contribution in [2.75, 3.05) is 20.6 Å². The van der Waals surface area contributed by atoms with Crippen molar-refractivity contribution in [3.8, 4) is 0 Å². The Morgan fingerprint density at radius 2 is 2.12 bits per heavy atom. The van der Waals surface area contributed by atoms with Crippen molar-refractivity contribution in [2.45, 2.75) is 13.0 Å². The number of carbonyl (C=O) groups excluding carboxylic acids is 1. The Bertz CT molecular complexity index is 950. The van der Waals surface area contributed by atoms with Gasteiger partial charge in [-0.15, -0.1) is 0 Å². The lowest BCUT2D eigenvalue weighted by Crippen LogP contribution is -2.34. The number of hydrogen-bond donors (Lipinski definition) is 1. The molecule has 0 aliphatic rings. The maximum Gasteiger partial charge on any atom is 0.252 e. The number of pyridine rings is 1. The molecule has 1 atom stereocenters. The number of fused-ring (bicyclic) bond motifs is 1. The lowest BCUT2D eigenvalue weighted by atomic mass is 10.1. The Kier molecular flexibility index (Phi) is 4.99. The summed E-state index contributed by atoms with van der Waals surface area (Å²) in [5, 5.41) is 8.09. The molecule has 3 aromatic rings. The summed E-state index contributed by atoms with van der Waals surface area (Å²) >= 11 is 0. The van der Waals surface area contributed by atoms with Gasteiger partial charge in [-0.25, -0.2) is 9.37 Å². The fourth-order valence-corrected chi connectivity index (χ4v) is 3.04. The van der Waals surface area contributed by atoms with Crippen LogP contribution in [-0.4, -0.2) is 46.2 Å². The molecule has 1 amide bonds. The Morgan fingerprint density at radius 3 is 2.81 bits per heavy atom. The Hall–Kier alpha value is -2.80. The van der Waals surface area contributed by atoms with Crippen molar-refractivity contribution < 1.29 is 9.18 Å². The number of amides is 1. The molecule has 0 saturated heterocycles. The first-order chi connectivity index (χ1) is 12.4. The van der Waals surface area contributed by atoms with Crippen molar-refractivity contribution >= 4 is 16.9 Å². The number of benzene rings is 1. The number of nitrogens with zero attached hydrogens (tertiary/aromatic N) is 4. The first-order valence-electron chi connectivity index (χ1n) is 8.36. The zero-order valence-electron chi connectivity index (χ0n) is 15.3. The number of rotatable bonds is 5. The normalized spacial score (nSPS) is 12.5. The molecule has 0 spiro atoms. The predicted molar refractivity (Wildman–Crippen MR) is 98.4 cm³/mol. The maximum atomic E-state index is 13.5. The second-order valence-electron chi connectivity index (χ2n) is 6.55. The fraction of sp³-hybridized carbons (Fsp3) is 0.316. The summed E-state index contributed by atoms with van der Waals surface area (Å²) in [6.45, 7) is 2.25. The van der Waals surface area contributed by atoms with Crippen molar-refractivity contribution in [3.05, 3.63) is 59.2 Å². The smallest absolute Gasteiger partial charge is 0.252 e. The number of likely N-dealkylation sites (N-methyl/N-ethyl adjacent to an activating group) is 1. The molecule has 6 nitrogen and oxygen atoms in total. The molecule has 0 unspecified atom stereocenters. The quantitative estimate of drug-likeness (QED) is 0.764. The van der Waals surface area contributed by atoms with Gasteiger partial charge in [0.25, 0.3) is 5.91 Å². The summed E-state index contributed by atoms with van der Waals surface area (Å²) in [5.74, 6) is -0.506. The lowest BCUT2D eigenvalue weighted by molar-refractivity contribution is 0.0941. The average molecular weight is 355 g/mol. The number of nitrogens with one attached hydrogen (secondary N) is 1. The van der Waals surface area contributed by atoms with Gasteiger partial charge in [-0.1, -0.05) is 12.1 Å². The number of halogens is 1. The van der Waals surface area contributed by atoms with E-state index in [-0.39, 0.29) is 17.8 Å². The van der Waals surface area contributed by atoms with Gasteiger partial charge in [0.05, 0.1) is 17.3 Å². The highest BCUT2D eigenvalue weighted by atomic mass is 19.1. The number of hydrogen-bond acceptors (Lipinski definition) is 4. The van der Waals surface area contributed by atoms with Crippen molar-refractivity contribution in [1.29, 1.82) is 0 Å². The first kappa shape index (κ1) is 18.0. The van der Waals surface area contributed by atoms with Crippen LogP contribution in [0.4, 0.5) is 4.39 Å². The molecule has 1 N–H and O–H groups in total. The topological polar surface area (TPSA) is 63.1 Å². The highest BCUT2D eigenvalue weighted by Crippen LogP contribution is 2.19. The van der Waals surface area contributed by atoms with Gasteiger partial charge in [-0.2, -0.15) is 5.10 Å². The van der Waals surface area contributed by atoms with E-state index < -0.39 is 0 Å². The summed E-state index contributed by atoms with van der Waals surface area (Å²) in [6.07, 6.45) is 1.55. The molecule has 2 heterocycles. The van der Waals surface area contributed by atoms with E-state index >= 15 is 0 Å². The predicted octanol–water partition coefficient (Wildman–Crippen LogP) is 2.45. The standard InChI is InChI=1S/C19H22FN5O/c1-12-16-9-14(10-21-18(16)25(4)23-12)19(26)22-11-17(24(2)3)13-6-5-7-15(20)8-13/h5-10,17H,11H2,1-4H3,(H,22,26)/t17-/m1/s1. The molecular formula is C19H22FN5O. The minimum absolute atomic E-state index is 0.133. The molecule has 1 aromatic carbocycles. The molecular weight excluding hydrogens is 333 g/mol. The molecule has 0 aliphatic heterocycles. The summed E-state index contributed by atoms with van der Waals surface area (Å²) in [6, 6.07) is 8.09. The van der Waals surface area contributed by atoms with E-state index in [0.29, 0.717) is 12.1 Å². The van der Waals surface area contributed by atoms with E-state index in [0.717, 1.165) is 22.3 Å². The van der Waals surface area contributed by atoms with Crippen LogP contribution in [0.5, 0.6) is 0 Å². The average Bonchev–Trinajstić information content (AvgIpc) is 2.88. The van der Waals surface area contributed by atoms with Gasteiger partial charge in [0.2, 0.25) is 0 Å². The minimum Gasteiger partial charge on any atom is -0.350 e. The van der Waals surface area contributed by atoms with E-state index in [1.54, 1.807) is 23.0 Å². The Balaban J connectivity index is 1.77. The van der Waals surface area contributed by atoms with Gasteiger partial charge in [0.15, 0.2) is 5.65 Å². The Labute approximate surface area is 151 Å². The van der Waals surface area contributed by atoms with Crippen molar-refractivity contribution in [2.24, 2.45) is 7.05 Å². The molecule has 0 saturated carbocycles. The fourth-order valence-electron chi connectivity index (χ4n) is 3.04. The van der Waals surface area contributed by atoms with Crippen LogP contribution < -0.4 is 5.32 Å². The summed E-state index contributed by atoms with van der Waals surface area (Å²) in [4.78, 5) is 18.8. The van der Waals surface area contributed by atoms with Gasteiger partial charge < -0.3 is 10.2 Å². The number of aryl methyl sites for hydroxylation is 2. The van der Waals surface area contributed by atoms with E-state index in [4.69, 9.17) is 0 Å². The molecule has 0 bridgehead atoms. The Morgan fingerprint density at radius 1 is 1.35 bits per heavy atom. The van der Waals surface area contributed by atoms with E-state index in [1.807, 2.05) is 39.0 Å². The zero-order valence-corrected chi connectivity index (χ0v) is 15.3. The minimum atomic E-state index is -0.289. The molecule has 7 heteroatoms. The summed E-state index contributed by atoms with van der Waals surface area (Å²) < 4.78 is 15.2. The molecule has 136 valence electrons. The molecule has 26 heavy (non-hydrogen) atoms. The van der Waals surface area contributed by atoms with Crippen LogP contribution in [0, 0.1) is 12.7 Å². The monoisotopic (exact) mass is 355 g/mol. The first-order valence-corrected chi connectivity index (χ1v) is 8.36. The van der Waals surface area contributed by atoms with Crippen molar-refractivity contribution in [3.63, 3.8) is 0 Å². The van der Waals surface area contributed by atoms with E-state index in [1.165, 1.54) is 12.1 Å². The van der Waals surface area contributed by atoms with Crippen molar-refractivity contribution in [1.82, 2.24) is 25.0 Å². The summed E-state index contributed by atoms with van der Waals surface area (Å²) in [7, 11) is 5.62. The third kappa shape index (κ3) is 3.57. The highest BCUT2D eigenvalue weighted by Gasteiger charge is 2.17. The van der Waals surface area contributed by atoms with E-state index in [9.17, 15) is 9.18 Å². The second kappa shape index (κ2) is 7.21. The highest BCUT2D eigenvalue weighted by molar-refractivity contribution is 5.97. The molecule has 0 fully saturated rings. The molecule has 0 radical (unpaired) electrons. The molecule has 3 rings (SSSR count). The molecule has 2 aromatic heterocycles. The SMILES string of the molecule is Cc1nn(C)c2ncc(C(=O)NC[C@H](c3cccc(F)c3)N(C)C)cc12. The van der Waals surface area contributed by atoms with Crippen LogP contribution in [0.1, 0.15) is 27.7 Å². The third-order valence-electron chi connectivity index (χ3n) is 4.44. The van der Waals surface area contributed by atoms with Gasteiger partial charge in [-0.3, -0.25) is 9.48 Å². The largest absolute Gasteiger partial charge is 0.350 e. The van der Waals surface area contributed by atoms with Crippen LogP contribution in [0.3, 0.4) is 0 Å². The van der Waals surface area contributed by atoms with Crippen LogP contribution in [-0.2, 0) is 7.05 Å². The van der Waals surface area contributed by atoms with Crippen LogP contribution in [0.25, 0.3) is 11.0 Å². The summed E-state index contributed by atoms with van der Waals surface area (Å²) in [5.41, 5.74) is 2.86. The second-order valence-corrected chi connectivity index (χ2v) is 6.55. The zero-order chi connectivity index (χ0) is 18.8.